The van der Waals surface area contributed by atoms with Crippen LogP contribution in [-0.4, -0.2) is 30.6 Å². The predicted octanol–water partition coefficient (Wildman–Crippen LogP) is 0.572. The summed E-state index contributed by atoms with van der Waals surface area (Å²) in [6, 6.07) is -0.322. The average Bonchev–Trinajstić information content (AvgIpc) is 2.30. The molecule has 0 aromatic heterocycles. The summed E-state index contributed by atoms with van der Waals surface area (Å²) < 4.78 is 4.99. The fourth-order valence-corrected chi connectivity index (χ4v) is 2.07. The van der Waals surface area contributed by atoms with Gasteiger partial charge >= 0.3 is 5.97 Å². The zero-order valence-electron chi connectivity index (χ0n) is 10.6. The maximum Gasteiger partial charge on any atom is 0.308 e. The van der Waals surface area contributed by atoms with Crippen molar-refractivity contribution in [2.45, 2.75) is 51.6 Å². The van der Waals surface area contributed by atoms with Crippen LogP contribution in [0, 0.1) is 5.92 Å². The van der Waals surface area contributed by atoms with Gasteiger partial charge in [0.2, 0.25) is 5.91 Å². The number of nitrogens with one attached hydrogen (secondary N) is 1. The molecule has 1 fully saturated rings. The first-order chi connectivity index (χ1) is 8.04. The van der Waals surface area contributed by atoms with Crippen LogP contribution in [0.4, 0.5) is 0 Å². The number of ether oxygens (including phenoxy) is 1. The van der Waals surface area contributed by atoms with E-state index in [1.165, 1.54) is 0 Å². The highest BCUT2D eigenvalue weighted by molar-refractivity contribution is 5.81. The number of carbonyl (C=O) groups excluding carboxylic acids is 2. The first-order valence-electron chi connectivity index (χ1n) is 6.27. The molecular weight excluding hydrogens is 220 g/mol. The van der Waals surface area contributed by atoms with E-state index in [0.29, 0.717) is 6.61 Å². The lowest BCUT2D eigenvalue weighted by Gasteiger charge is -2.28. The number of rotatable bonds is 4. The lowest BCUT2D eigenvalue weighted by atomic mass is 9.86. The van der Waals surface area contributed by atoms with Gasteiger partial charge in [-0.05, 0) is 39.5 Å². The Kier molecular flexibility index (Phi) is 5.41. The Morgan fingerprint density at radius 1 is 1.35 bits per heavy atom. The third kappa shape index (κ3) is 4.34. The minimum Gasteiger partial charge on any atom is -0.466 e. The van der Waals surface area contributed by atoms with Crippen molar-refractivity contribution in [1.29, 1.82) is 0 Å². The van der Waals surface area contributed by atoms with Gasteiger partial charge in [0.15, 0.2) is 0 Å². The Morgan fingerprint density at radius 3 is 2.41 bits per heavy atom. The van der Waals surface area contributed by atoms with E-state index >= 15 is 0 Å². The van der Waals surface area contributed by atoms with Crippen LogP contribution in [0.1, 0.15) is 39.5 Å². The van der Waals surface area contributed by atoms with Crippen LogP contribution in [0.15, 0.2) is 0 Å². The zero-order valence-corrected chi connectivity index (χ0v) is 10.6. The van der Waals surface area contributed by atoms with Crippen LogP contribution in [0.3, 0.4) is 0 Å². The first-order valence-corrected chi connectivity index (χ1v) is 6.27. The van der Waals surface area contributed by atoms with Gasteiger partial charge in [0.05, 0.1) is 18.6 Å². The van der Waals surface area contributed by atoms with E-state index in [2.05, 4.69) is 5.32 Å². The topological polar surface area (TPSA) is 81.4 Å². The smallest absolute Gasteiger partial charge is 0.308 e. The van der Waals surface area contributed by atoms with E-state index in [0.717, 1.165) is 25.7 Å². The highest BCUT2D eigenvalue weighted by Gasteiger charge is 2.28. The molecular formula is C12H22N2O3. The van der Waals surface area contributed by atoms with Crippen molar-refractivity contribution in [1.82, 2.24) is 5.32 Å². The summed E-state index contributed by atoms with van der Waals surface area (Å²) in [5, 5.41) is 2.89. The number of esters is 1. The third-order valence-electron chi connectivity index (χ3n) is 3.11. The van der Waals surface area contributed by atoms with E-state index in [1.54, 1.807) is 6.92 Å². The molecule has 1 rings (SSSR count). The summed E-state index contributed by atoms with van der Waals surface area (Å²) in [5.41, 5.74) is 5.48. The Bertz CT molecular complexity index is 271. The van der Waals surface area contributed by atoms with Crippen molar-refractivity contribution >= 4 is 11.9 Å². The van der Waals surface area contributed by atoms with Crippen molar-refractivity contribution in [2.75, 3.05) is 6.61 Å². The summed E-state index contributed by atoms with van der Waals surface area (Å²) in [6.07, 6.45) is 3.20. The van der Waals surface area contributed by atoms with Crippen molar-refractivity contribution in [3.63, 3.8) is 0 Å². The van der Waals surface area contributed by atoms with Gasteiger partial charge in [-0.25, -0.2) is 0 Å². The minimum atomic E-state index is -0.474. The highest BCUT2D eigenvalue weighted by Crippen LogP contribution is 2.25. The van der Waals surface area contributed by atoms with E-state index in [4.69, 9.17) is 10.5 Å². The molecule has 0 radical (unpaired) electrons. The SMILES string of the molecule is CCOC(=O)C1CCC(NC(=O)[C@H](C)N)CC1. The molecule has 1 aliphatic carbocycles. The molecule has 1 saturated carbocycles. The van der Waals surface area contributed by atoms with Gasteiger partial charge in [-0.2, -0.15) is 0 Å². The molecule has 0 heterocycles. The van der Waals surface area contributed by atoms with Crippen molar-refractivity contribution in [3.05, 3.63) is 0 Å². The van der Waals surface area contributed by atoms with Gasteiger partial charge in [-0.3, -0.25) is 9.59 Å². The third-order valence-corrected chi connectivity index (χ3v) is 3.11. The molecule has 0 aliphatic heterocycles. The van der Waals surface area contributed by atoms with Crippen LogP contribution in [0.5, 0.6) is 0 Å². The van der Waals surface area contributed by atoms with E-state index in [9.17, 15) is 9.59 Å². The molecule has 3 N–H and O–H groups in total. The van der Waals surface area contributed by atoms with E-state index in [1.807, 2.05) is 6.92 Å². The van der Waals surface area contributed by atoms with Crippen molar-refractivity contribution in [2.24, 2.45) is 11.7 Å². The molecule has 98 valence electrons. The predicted molar refractivity (Wildman–Crippen MR) is 64.2 cm³/mol. The molecule has 0 spiro atoms. The van der Waals surface area contributed by atoms with Gasteiger partial charge in [-0.15, -0.1) is 0 Å². The fourth-order valence-electron chi connectivity index (χ4n) is 2.07. The van der Waals surface area contributed by atoms with Gasteiger partial charge in [0, 0.05) is 6.04 Å². The van der Waals surface area contributed by atoms with Gasteiger partial charge in [-0.1, -0.05) is 0 Å². The lowest BCUT2D eigenvalue weighted by Crippen LogP contribution is -2.45. The van der Waals surface area contributed by atoms with Crippen molar-refractivity contribution in [3.8, 4) is 0 Å². The molecule has 0 saturated heterocycles. The standard InChI is InChI=1S/C12H22N2O3/c1-3-17-12(16)9-4-6-10(7-5-9)14-11(15)8(2)13/h8-10H,3-7,13H2,1-2H3,(H,14,15)/t8-,9?,10?/m0/s1. The molecule has 0 unspecified atom stereocenters. The second-order valence-corrected chi connectivity index (χ2v) is 4.60. The molecule has 1 aliphatic rings. The summed E-state index contributed by atoms with van der Waals surface area (Å²) >= 11 is 0. The number of amides is 1. The highest BCUT2D eigenvalue weighted by atomic mass is 16.5. The lowest BCUT2D eigenvalue weighted by molar-refractivity contribution is -0.149. The summed E-state index contributed by atoms with van der Waals surface area (Å²) in [7, 11) is 0. The molecule has 5 heteroatoms. The molecule has 1 atom stereocenters. The Labute approximate surface area is 102 Å². The molecule has 17 heavy (non-hydrogen) atoms. The van der Waals surface area contributed by atoms with Crippen LogP contribution in [0.2, 0.25) is 0 Å². The van der Waals surface area contributed by atoms with Crippen LogP contribution in [-0.2, 0) is 14.3 Å². The van der Waals surface area contributed by atoms with Crippen LogP contribution >= 0.6 is 0 Å². The molecule has 1 amide bonds. The maximum absolute atomic E-state index is 11.5. The molecule has 5 nitrogen and oxygen atoms in total. The second-order valence-electron chi connectivity index (χ2n) is 4.60. The fraction of sp³-hybridized carbons (Fsp3) is 0.833. The van der Waals surface area contributed by atoms with Crippen molar-refractivity contribution < 1.29 is 14.3 Å². The summed E-state index contributed by atoms with van der Waals surface area (Å²) in [4.78, 5) is 22.9. The van der Waals surface area contributed by atoms with Gasteiger partial charge < -0.3 is 15.8 Å². The van der Waals surface area contributed by atoms with Gasteiger partial charge in [0.25, 0.3) is 0 Å². The summed E-state index contributed by atoms with van der Waals surface area (Å²) in [6.45, 7) is 3.91. The monoisotopic (exact) mass is 242 g/mol. The average molecular weight is 242 g/mol. The Hall–Kier alpha value is -1.10. The molecule has 0 aromatic carbocycles. The molecule has 0 bridgehead atoms. The number of hydrogen-bond donors (Lipinski definition) is 2. The quantitative estimate of drug-likeness (QED) is 0.706. The van der Waals surface area contributed by atoms with Gasteiger partial charge in [0.1, 0.15) is 0 Å². The van der Waals surface area contributed by atoms with Crippen LogP contribution in [0.25, 0.3) is 0 Å². The second kappa shape index (κ2) is 6.59. The maximum atomic E-state index is 11.5. The first kappa shape index (κ1) is 14.0. The molecule has 0 aromatic rings. The Morgan fingerprint density at radius 2 is 1.94 bits per heavy atom. The van der Waals surface area contributed by atoms with Crippen LogP contribution < -0.4 is 11.1 Å². The normalized spacial score (nSPS) is 26.1. The van der Waals surface area contributed by atoms with E-state index < -0.39 is 6.04 Å². The summed E-state index contributed by atoms with van der Waals surface area (Å²) in [5.74, 6) is -0.229. The van der Waals surface area contributed by atoms with E-state index in [-0.39, 0.29) is 23.8 Å². The minimum absolute atomic E-state index is 0.00148. The largest absolute Gasteiger partial charge is 0.466 e. The number of hydrogen-bond acceptors (Lipinski definition) is 4. The Balaban J connectivity index is 2.31. The zero-order chi connectivity index (χ0) is 12.8. The number of nitrogens with two attached hydrogens (primary N) is 1. The number of carbonyl (C=O) groups is 2.